The number of carbonyl (C=O) groups excluding carboxylic acids is 2. The van der Waals surface area contributed by atoms with Crippen molar-refractivity contribution in [1.82, 2.24) is 20.0 Å². The summed E-state index contributed by atoms with van der Waals surface area (Å²) in [5.41, 5.74) is 1.98. The lowest BCUT2D eigenvalue weighted by Gasteiger charge is -2.34. The van der Waals surface area contributed by atoms with Crippen molar-refractivity contribution >= 4 is 11.8 Å². The van der Waals surface area contributed by atoms with Gasteiger partial charge in [-0.15, -0.1) is 10.2 Å². The molecule has 1 saturated heterocycles. The summed E-state index contributed by atoms with van der Waals surface area (Å²) in [6.45, 7) is 3.99. The summed E-state index contributed by atoms with van der Waals surface area (Å²) in [5.74, 6) is 1.11. The van der Waals surface area contributed by atoms with E-state index in [1.807, 2.05) is 31.2 Å². The molecule has 1 fully saturated rings. The quantitative estimate of drug-likeness (QED) is 0.660. The number of hydrogen-bond donors (Lipinski definition) is 0. The molecule has 1 aliphatic heterocycles. The lowest BCUT2D eigenvalue weighted by Crippen LogP contribution is -2.50. The van der Waals surface area contributed by atoms with E-state index in [9.17, 15) is 9.59 Å². The normalized spacial score (nSPS) is 14.2. The smallest absolute Gasteiger partial charge is 0.289 e. The first-order valence-electron chi connectivity index (χ1n) is 9.60. The fourth-order valence-corrected chi connectivity index (χ4v) is 3.34. The highest BCUT2D eigenvalue weighted by Gasteiger charge is 2.26. The molecule has 0 atom stereocenters. The Hall–Kier alpha value is -3.42. The molecule has 150 valence electrons. The van der Waals surface area contributed by atoms with Gasteiger partial charge in [-0.1, -0.05) is 17.7 Å². The number of carbonyl (C=O) groups is 2. The first kappa shape index (κ1) is 18.9. The summed E-state index contributed by atoms with van der Waals surface area (Å²) in [6, 6.07) is 11.2. The molecule has 0 unspecified atom stereocenters. The number of amides is 2. The van der Waals surface area contributed by atoms with Crippen LogP contribution in [0.1, 0.15) is 28.4 Å². The SMILES string of the molecule is Cc1cccc(-c2nnc(CCC(=O)N3CCN(C(=O)c4ccco4)CC3)o2)c1. The van der Waals surface area contributed by atoms with E-state index >= 15 is 0 Å². The zero-order valence-electron chi connectivity index (χ0n) is 16.2. The lowest BCUT2D eigenvalue weighted by molar-refractivity contribution is -0.132. The molecule has 0 bridgehead atoms. The number of furan rings is 1. The molecule has 2 amide bonds. The monoisotopic (exact) mass is 394 g/mol. The highest BCUT2D eigenvalue weighted by Crippen LogP contribution is 2.19. The van der Waals surface area contributed by atoms with E-state index in [1.165, 1.54) is 6.26 Å². The topological polar surface area (TPSA) is 92.7 Å². The number of rotatable bonds is 5. The van der Waals surface area contributed by atoms with Crippen molar-refractivity contribution in [1.29, 1.82) is 0 Å². The van der Waals surface area contributed by atoms with Crippen LogP contribution in [0.5, 0.6) is 0 Å². The van der Waals surface area contributed by atoms with Crippen molar-refractivity contribution in [2.24, 2.45) is 0 Å². The van der Waals surface area contributed by atoms with E-state index < -0.39 is 0 Å². The molecule has 0 spiro atoms. The van der Waals surface area contributed by atoms with Gasteiger partial charge in [0.25, 0.3) is 5.91 Å². The predicted molar refractivity (Wildman–Crippen MR) is 104 cm³/mol. The van der Waals surface area contributed by atoms with Crippen LogP contribution in [0.2, 0.25) is 0 Å². The van der Waals surface area contributed by atoms with Gasteiger partial charge in [-0.25, -0.2) is 0 Å². The number of aromatic nitrogens is 2. The molecular formula is C21H22N4O4. The molecule has 2 aromatic heterocycles. The zero-order chi connectivity index (χ0) is 20.2. The maximum atomic E-state index is 12.5. The average molecular weight is 394 g/mol. The molecule has 3 aromatic rings. The molecule has 4 rings (SSSR count). The van der Waals surface area contributed by atoms with Crippen LogP contribution < -0.4 is 0 Å². The maximum Gasteiger partial charge on any atom is 0.289 e. The number of benzene rings is 1. The first-order valence-corrected chi connectivity index (χ1v) is 9.60. The van der Waals surface area contributed by atoms with Gasteiger partial charge in [-0.3, -0.25) is 9.59 Å². The van der Waals surface area contributed by atoms with E-state index in [0.717, 1.165) is 11.1 Å². The van der Waals surface area contributed by atoms with Gasteiger partial charge in [0, 0.05) is 44.6 Å². The molecule has 3 heterocycles. The highest BCUT2D eigenvalue weighted by molar-refractivity contribution is 5.91. The molecule has 8 heteroatoms. The number of nitrogens with zero attached hydrogens (tertiary/aromatic N) is 4. The Morgan fingerprint density at radius 1 is 1.03 bits per heavy atom. The van der Waals surface area contributed by atoms with E-state index in [4.69, 9.17) is 8.83 Å². The standard InChI is InChI=1S/C21H22N4O4/c1-15-4-2-5-16(14-15)20-23-22-18(29-20)7-8-19(26)24-9-11-25(12-10-24)21(27)17-6-3-13-28-17/h2-6,13-14H,7-12H2,1H3. The Kier molecular flexibility index (Phi) is 5.41. The van der Waals surface area contributed by atoms with Gasteiger partial charge in [0.15, 0.2) is 5.76 Å². The molecule has 0 aliphatic carbocycles. The largest absolute Gasteiger partial charge is 0.459 e. The second kappa shape index (κ2) is 8.30. The Morgan fingerprint density at radius 3 is 2.55 bits per heavy atom. The Bertz CT molecular complexity index is 988. The fraction of sp³-hybridized carbons (Fsp3) is 0.333. The Balaban J connectivity index is 1.27. The average Bonchev–Trinajstić information content (AvgIpc) is 3.44. The number of piperazine rings is 1. The highest BCUT2D eigenvalue weighted by atomic mass is 16.4. The third-order valence-corrected chi connectivity index (χ3v) is 4.94. The van der Waals surface area contributed by atoms with E-state index in [2.05, 4.69) is 10.2 Å². The molecule has 0 radical (unpaired) electrons. The molecule has 0 saturated carbocycles. The molecule has 0 N–H and O–H groups in total. The number of aryl methyl sites for hydroxylation is 2. The first-order chi connectivity index (χ1) is 14.1. The van der Waals surface area contributed by atoms with Crippen molar-refractivity contribution in [3.8, 4) is 11.5 Å². The van der Waals surface area contributed by atoms with Crippen LogP contribution in [0.25, 0.3) is 11.5 Å². The van der Waals surface area contributed by atoms with Crippen LogP contribution in [-0.2, 0) is 11.2 Å². The minimum Gasteiger partial charge on any atom is -0.459 e. The van der Waals surface area contributed by atoms with Gasteiger partial charge < -0.3 is 18.6 Å². The van der Waals surface area contributed by atoms with E-state index in [1.54, 1.807) is 21.9 Å². The van der Waals surface area contributed by atoms with Gasteiger partial charge in [0.2, 0.25) is 17.7 Å². The fourth-order valence-electron chi connectivity index (χ4n) is 3.34. The third kappa shape index (κ3) is 4.37. The minimum absolute atomic E-state index is 0.0189. The van der Waals surface area contributed by atoms with E-state index in [0.29, 0.717) is 56.6 Å². The summed E-state index contributed by atoms with van der Waals surface area (Å²) in [5, 5.41) is 8.13. The minimum atomic E-state index is -0.142. The second-order valence-corrected chi connectivity index (χ2v) is 7.02. The third-order valence-electron chi connectivity index (χ3n) is 4.94. The zero-order valence-corrected chi connectivity index (χ0v) is 16.2. The Morgan fingerprint density at radius 2 is 1.83 bits per heavy atom. The van der Waals surface area contributed by atoms with Gasteiger partial charge in [-0.2, -0.15) is 0 Å². The van der Waals surface area contributed by atoms with Crippen molar-refractivity contribution in [2.75, 3.05) is 26.2 Å². The predicted octanol–water partition coefficient (Wildman–Crippen LogP) is 2.56. The van der Waals surface area contributed by atoms with Crippen molar-refractivity contribution in [3.05, 3.63) is 59.9 Å². The van der Waals surface area contributed by atoms with Gasteiger partial charge in [-0.05, 0) is 31.2 Å². The van der Waals surface area contributed by atoms with Crippen LogP contribution in [0.4, 0.5) is 0 Å². The molecule has 29 heavy (non-hydrogen) atoms. The second-order valence-electron chi connectivity index (χ2n) is 7.02. The Labute approximate surface area is 168 Å². The molecular weight excluding hydrogens is 372 g/mol. The van der Waals surface area contributed by atoms with Crippen molar-refractivity contribution in [2.45, 2.75) is 19.8 Å². The van der Waals surface area contributed by atoms with Crippen molar-refractivity contribution < 1.29 is 18.4 Å². The molecule has 8 nitrogen and oxygen atoms in total. The molecule has 1 aromatic carbocycles. The van der Waals surface area contributed by atoms with Crippen LogP contribution in [0.15, 0.2) is 51.5 Å². The maximum absolute atomic E-state index is 12.5. The number of hydrogen-bond acceptors (Lipinski definition) is 6. The van der Waals surface area contributed by atoms with Crippen molar-refractivity contribution in [3.63, 3.8) is 0 Å². The van der Waals surface area contributed by atoms with Crippen LogP contribution in [0.3, 0.4) is 0 Å². The molecule has 1 aliphatic rings. The van der Waals surface area contributed by atoms with E-state index in [-0.39, 0.29) is 11.8 Å². The van der Waals surface area contributed by atoms with Gasteiger partial charge in [0.05, 0.1) is 6.26 Å². The summed E-state index contributed by atoms with van der Waals surface area (Å²) in [6.07, 6.45) is 2.17. The summed E-state index contributed by atoms with van der Waals surface area (Å²) in [7, 11) is 0. The summed E-state index contributed by atoms with van der Waals surface area (Å²) < 4.78 is 10.9. The summed E-state index contributed by atoms with van der Waals surface area (Å²) in [4.78, 5) is 28.3. The van der Waals surface area contributed by atoms with Crippen LogP contribution in [-0.4, -0.2) is 58.0 Å². The van der Waals surface area contributed by atoms with Gasteiger partial charge >= 0.3 is 0 Å². The summed E-state index contributed by atoms with van der Waals surface area (Å²) >= 11 is 0. The lowest BCUT2D eigenvalue weighted by atomic mass is 10.1. The van der Waals surface area contributed by atoms with Crippen LogP contribution in [0, 0.1) is 6.92 Å². The van der Waals surface area contributed by atoms with Gasteiger partial charge in [0.1, 0.15) is 0 Å². The van der Waals surface area contributed by atoms with Crippen LogP contribution >= 0.6 is 0 Å².